The first kappa shape index (κ1) is 15.6. The van der Waals surface area contributed by atoms with Crippen molar-refractivity contribution in [3.63, 3.8) is 0 Å². The van der Waals surface area contributed by atoms with Crippen molar-refractivity contribution < 1.29 is 18.3 Å². The molecule has 5 nitrogen and oxygen atoms in total. The van der Waals surface area contributed by atoms with Crippen LogP contribution in [0.2, 0.25) is 0 Å². The minimum absolute atomic E-state index is 0.0101. The fourth-order valence-corrected chi connectivity index (χ4v) is 4.67. The topological polar surface area (TPSA) is 77.5 Å². The zero-order valence-electron chi connectivity index (χ0n) is 12.7. The Bertz CT molecular complexity index is 874. The van der Waals surface area contributed by atoms with Gasteiger partial charge >= 0.3 is 0 Å². The molecule has 2 aromatic carbocycles. The Morgan fingerprint density at radius 3 is 2.65 bits per heavy atom. The molecule has 1 heterocycles. The van der Waals surface area contributed by atoms with Crippen molar-refractivity contribution in [2.45, 2.75) is 24.7 Å². The lowest BCUT2D eigenvalue weighted by Gasteiger charge is -2.31. The van der Waals surface area contributed by atoms with Gasteiger partial charge in [0.1, 0.15) is 0 Å². The molecule has 120 valence electrons. The van der Waals surface area contributed by atoms with Gasteiger partial charge in [0.25, 0.3) is 10.0 Å². The molecule has 0 saturated heterocycles. The molecule has 0 aromatic heterocycles. The number of carbonyl (C=O) groups is 1. The number of fused-ring (bicyclic) bond motifs is 1. The van der Waals surface area contributed by atoms with E-state index in [0.29, 0.717) is 17.8 Å². The molecule has 0 unspecified atom stereocenters. The number of benzene rings is 2. The summed E-state index contributed by atoms with van der Waals surface area (Å²) in [6.45, 7) is 2.04. The molecule has 0 radical (unpaired) electrons. The van der Waals surface area contributed by atoms with E-state index in [9.17, 15) is 18.3 Å². The van der Waals surface area contributed by atoms with E-state index in [4.69, 9.17) is 0 Å². The molecule has 0 spiro atoms. The first-order chi connectivity index (χ1) is 10.9. The summed E-state index contributed by atoms with van der Waals surface area (Å²) in [4.78, 5) is 11.1. The number of aryl methyl sites for hydroxylation is 2. The predicted molar refractivity (Wildman–Crippen MR) is 84.8 cm³/mol. The molecule has 2 aromatic rings. The number of hydrogen-bond acceptors (Lipinski definition) is 4. The van der Waals surface area contributed by atoms with Crippen LogP contribution in [0.15, 0.2) is 47.4 Å². The minimum Gasteiger partial charge on any atom is -0.545 e. The fourth-order valence-electron chi connectivity index (χ4n) is 2.87. The lowest BCUT2D eigenvalue weighted by atomic mass is 10.0. The van der Waals surface area contributed by atoms with Crippen LogP contribution in [0.5, 0.6) is 0 Å². The zero-order valence-corrected chi connectivity index (χ0v) is 13.5. The molecule has 3 rings (SSSR count). The van der Waals surface area contributed by atoms with Gasteiger partial charge in [-0.2, -0.15) is 0 Å². The van der Waals surface area contributed by atoms with Crippen LogP contribution >= 0.6 is 0 Å². The minimum atomic E-state index is -3.82. The molecule has 23 heavy (non-hydrogen) atoms. The quantitative estimate of drug-likeness (QED) is 0.854. The van der Waals surface area contributed by atoms with Crippen LogP contribution in [0, 0.1) is 6.92 Å². The van der Waals surface area contributed by atoms with Gasteiger partial charge in [0.2, 0.25) is 0 Å². The van der Waals surface area contributed by atoms with E-state index >= 15 is 0 Å². The molecular formula is C17H16NO4S-. The maximum Gasteiger partial charge on any atom is 0.264 e. The number of sulfonamides is 1. The third kappa shape index (κ3) is 2.70. The zero-order chi connectivity index (χ0) is 16.6. The maximum atomic E-state index is 13.1. The number of carboxylic acids is 1. The van der Waals surface area contributed by atoms with E-state index in [2.05, 4.69) is 0 Å². The number of carboxylic acid groups (broad SMARTS) is 1. The number of nitrogens with zero attached hydrogens (tertiary/aromatic N) is 1. The third-order valence-electron chi connectivity index (χ3n) is 4.06. The molecule has 1 aliphatic heterocycles. The van der Waals surface area contributed by atoms with E-state index < -0.39 is 16.0 Å². The Kier molecular flexibility index (Phi) is 3.85. The summed E-state index contributed by atoms with van der Waals surface area (Å²) in [7, 11) is -3.82. The number of rotatable bonds is 3. The lowest BCUT2D eigenvalue weighted by Crippen LogP contribution is -2.36. The van der Waals surface area contributed by atoms with Crippen LogP contribution in [-0.4, -0.2) is 20.9 Å². The van der Waals surface area contributed by atoms with Gasteiger partial charge in [-0.05, 0) is 48.6 Å². The highest BCUT2D eigenvalue weighted by Gasteiger charge is 2.30. The molecule has 0 bridgehead atoms. The van der Waals surface area contributed by atoms with Gasteiger partial charge in [0.15, 0.2) is 0 Å². The normalized spacial score (nSPS) is 14.4. The van der Waals surface area contributed by atoms with E-state index in [0.717, 1.165) is 18.4 Å². The molecule has 0 amide bonds. The molecule has 0 fully saturated rings. The van der Waals surface area contributed by atoms with Crippen molar-refractivity contribution >= 4 is 21.7 Å². The van der Waals surface area contributed by atoms with Crippen molar-refractivity contribution in [1.82, 2.24) is 0 Å². The van der Waals surface area contributed by atoms with Gasteiger partial charge in [-0.25, -0.2) is 8.42 Å². The number of hydrogen-bond donors (Lipinski definition) is 0. The molecule has 0 saturated carbocycles. The van der Waals surface area contributed by atoms with Crippen LogP contribution in [0.1, 0.15) is 27.9 Å². The first-order valence-corrected chi connectivity index (χ1v) is 8.78. The highest BCUT2D eigenvalue weighted by Crippen LogP contribution is 2.32. The van der Waals surface area contributed by atoms with Crippen LogP contribution in [0.3, 0.4) is 0 Å². The molecule has 0 atom stereocenters. The van der Waals surface area contributed by atoms with E-state index in [1.165, 1.54) is 22.5 Å². The Hall–Kier alpha value is -2.34. The number of para-hydroxylation sites is 1. The number of carbonyl (C=O) groups excluding carboxylic acids is 1. The fraction of sp³-hybridized carbons (Fsp3) is 0.235. The Morgan fingerprint density at radius 2 is 1.91 bits per heavy atom. The number of anilines is 1. The largest absolute Gasteiger partial charge is 0.545 e. The maximum absolute atomic E-state index is 13.1. The van der Waals surface area contributed by atoms with Crippen LogP contribution in [0.4, 0.5) is 5.69 Å². The second-order valence-corrected chi connectivity index (χ2v) is 7.41. The van der Waals surface area contributed by atoms with Crippen molar-refractivity contribution in [3.05, 3.63) is 59.2 Å². The predicted octanol–water partition coefficient (Wildman–Crippen LogP) is 1.50. The monoisotopic (exact) mass is 330 g/mol. The SMILES string of the molecule is Cc1ccc(C(=O)[O-])cc1S(=O)(=O)N1CCCc2ccccc21. The average Bonchev–Trinajstić information content (AvgIpc) is 2.54. The Labute approximate surface area is 135 Å². The average molecular weight is 330 g/mol. The Balaban J connectivity index is 2.14. The van der Waals surface area contributed by atoms with Crippen molar-refractivity contribution in [2.75, 3.05) is 10.8 Å². The summed E-state index contributed by atoms with van der Waals surface area (Å²) in [5.41, 5.74) is 2.02. The van der Waals surface area contributed by atoms with E-state index in [-0.39, 0.29) is 10.5 Å². The van der Waals surface area contributed by atoms with E-state index in [1.807, 2.05) is 12.1 Å². The third-order valence-corrected chi connectivity index (χ3v) is 6.01. The van der Waals surface area contributed by atoms with Crippen LogP contribution in [-0.2, 0) is 16.4 Å². The highest BCUT2D eigenvalue weighted by atomic mass is 32.2. The van der Waals surface area contributed by atoms with Gasteiger partial charge in [-0.3, -0.25) is 4.31 Å². The van der Waals surface area contributed by atoms with Gasteiger partial charge < -0.3 is 9.90 Å². The summed E-state index contributed by atoms with van der Waals surface area (Å²) < 4.78 is 27.5. The Morgan fingerprint density at radius 1 is 1.17 bits per heavy atom. The van der Waals surface area contributed by atoms with Gasteiger partial charge in [0, 0.05) is 6.54 Å². The van der Waals surface area contributed by atoms with Crippen molar-refractivity contribution in [2.24, 2.45) is 0 Å². The highest BCUT2D eigenvalue weighted by molar-refractivity contribution is 7.92. The molecule has 6 heteroatoms. The van der Waals surface area contributed by atoms with Crippen LogP contribution < -0.4 is 9.41 Å². The molecule has 0 aliphatic carbocycles. The van der Waals surface area contributed by atoms with Crippen molar-refractivity contribution in [1.29, 1.82) is 0 Å². The second kappa shape index (κ2) is 5.70. The lowest BCUT2D eigenvalue weighted by molar-refractivity contribution is -0.255. The number of aromatic carboxylic acids is 1. The summed E-state index contributed by atoms with van der Waals surface area (Å²) >= 11 is 0. The standard InChI is InChI=1S/C17H17NO4S/c1-12-8-9-14(17(19)20)11-16(12)23(21,22)18-10-4-6-13-5-2-3-7-15(13)18/h2-3,5,7-9,11H,4,6,10H2,1H3,(H,19,20)/p-1. The van der Waals surface area contributed by atoms with Crippen molar-refractivity contribution in [3.8, 4) is 0 Å². The molecule has 1 aliphatic rings. The summed E-state index contributed by atoms with van der Waals surface area (Å²) in [5.74, 6) is -1.39. The van der Waals surface area contributed by atoms with E-state index in [1.54, 1.807) is 19.1 Å². The van der Waals surface area contributed by atoms with Gasteiger partial charge in [-0.15, -0.1) is 0 Å². The van der Waals surface area contributed by atoms with Gasteiger partial charge in [0.05, 0.1) is 16.6 Å². The summed E-state index contributed by atoms with van der Waals surface area (Å²) in [5, 5.41) is 11.0. The first-order valence-electron chi connectivity index (χ1n) is 7.34. The second-order valence-electron chi connectivity index (χ2n) is 5.58. The molecular weight excluding hydrogens is 314 g/mol. The molecule has 0 N–H and O–H groups in total. The van der Waals surface area contributed by atoms with Crippen LogP contribution in [0.25, 0.3) is 0 Å². The van der Waals surface area contributed by atoms with Gasteiger partial charge in [-0.1, -0.05) is 30.3 Å². The smallest absolute Gasteiger partial charge is 0.264 e. The summed E-state index contributed by atoms with van der Waals surface area (Å²) in [6, 6.07) is 11.4. The summed E-state index contributed by atoms with van der Waals surface area (Å²) in [6.07, 6.45) is 1.57.